The monoisotopic (exact) mass is 165 g/mol. The largest absolute Gasteiger partial charge is 0.330 e. The molecule has 0 aromatic heterocycles. The molecule has 2 aliphatic carbocycles. The molecule has 0 spiro atoms. The average molecular weight is 165 g/mol. The zero-order chi connectivity index (χ0) is 8.93. The van der Waals surface area contributed by atoms with Gasteiger partial charge in [0.05, 0.1) is 0 Å². The fourth-order valence-electron chi connectivity index (χ4n) is 3.40. The van der Waals surface area contributed by atoms with Gasteiger partial charge in [-0.2, -0.15) is 0 Å². The summed E-state index contributed by atoms with van der Waals surface area (Å²) in [5.41, 5.74) is 7.84. The predicted octanol–water partition coefficient (Wildman–Crippen LogP) is 2.18. The van der Waals surface area contributed by atoms with E-state index in [-0.39, 0.29) is 0 Å². The van der Waals surface area contributed by atoms with E-state index in [9.17, 15) is 0 Å². The van der Waals surface area contributed by atoms with Crippen molar-refractivity contribution in [3.05, 3.63) is 11.6 Å². The Morgan fingerprint density at radius 2 is 2.33 bits per heavy atom. The van der Waals surface area contributed by atoms with Gasteiger partial charge in [0.15, 0.2) is 0 Å². The maximum absolute atomic E-state index is 5.85. The van der Waals surface area contributed by atoms with Crippen molar-refractivity contribution in [2.24, 2.45) is 28.9 Å². The number of hydrogen-bond donors (Lipinski definition) is 1. The van der Waals surface area contributed by atoms with Crippen LogP contribution in [0.3, 0.4) is 0 Å². The SMILES string of the molecule is CC1=CC2C(C)CC(C)(CN)C12. The van der Waals surface area contributed by atoms with Crippen molar-refractivity contribution in [2.45, 2.75) is 27.2 Å². The van der Waals surface area contributed by atoms with Crippen LogP contribution in [0, 0.1) is 23.2 Å². The standard InChI is InChI=1S/C11H19N/c1-7-4-9-8(2)5-11(3,6-12)10(7)9/h4,8-10H,5-6,12H2,1-3H3. The molecule has 1 heteroatoms. The van der Waals surface area contributed by atoms with Crippen LogP contribution in [0.2, 0.25) is 0 Å². The maximum Gasteiger partial charge on any atom is -0.00171 e. The molecule has 1 nitrogen and oxygen atoms in total. The molecule has 12 heavy (non-hydrogen) atoms. The van der Waals surface area contributed by atoms with E-state index in [4.69, 9.17) is 5.73 Å². The molecule has 2 aliphatic rings. The van der Waals surface area contributed by atoms with Crippen molar-refractivity contribution in [3.63, 3.8) is 0 Å². The van der Waals surface area contributed by atoms with Crippen molar-refractivity contribution in [3.8, 4) is 0 Å². The minimum absolute atomic E-state index is 0.406. The molecule has 4 atom stereocenters. The first-order chi connectivity index (χ1) is 5.58. The third-order valence-corrected chi connectivity index (χ3v) is 3.99. The Morgan fingerprint density at radius 3 is 2.75 bits per heavy atom. The molecule has 0 aliphatic heterocycles. The van der Waals surface area contributed by atoms with Crippen molar-refractivity contribution < 1.29 is 0 Å². The van der Waals surface area contributed by atoms with Gasteiger partial charge in [0.25, 0.3) is 0 Å². The van der Waals surface area contributed by atoms with Crippen LogP contribution >= 0.6 is 0 Å². The summed E-state index contributed by atoms with van der Waals surface area (Å²) in [7, 11) is 0. The van der Waals surface area contributed by atoms with Gasteiger partial charge >= 0.3 is 0 Å². The topological polar surface area (TPSA) is 26.0 Å². The van der Waals surface area contributed by atoms with E-state index in [1.807, 2.05) is 0 Å². The van der Waals surface area contributed by atoms with Crippen LogP contribution < -0.4 is 5.73 Å². The summed E-state index contributed by atoms with van der Waals surface area (Å²) >= 11 is 0. The molecule has 4 unspecified atom stereocenters. The van der Waals surface area contributed by atoms with Gasteiger partial charge in [0.2, 0.25) is 0 Å². The number of fused-ring (bicyclic) bond motifs is 1. The Labute approximate surface area is 75.0 Å². The van der Waals surface area contributed by atoms with Crippen LogP contribution in [0.1, 0.15) is 27.2 Å². The van der Waals surface area contributed by atoms with Crippen LogP contribution in [-0.4, -0.2) is 6.54 Å². The van der Waals surface area contributed by atoms with Gasteiger partial charge < -0.3 is 5.73 Å². The summed E-state index contributed by atoms with van der Waals surface area (Å²) in [5.74, 6) is 2.50. The van der Waals surface area contributed by atoms with Gasteiger partial charge in [0, 0.05) is 0 Å². The molecular weight excluding hydrogens is 146 g/mol. The van der Waals surface area contributed by atoms with Crippen LogP contribution in [0.15, 0.2) is 11.6 Å². The van der Waals surface area contributed by atoms with E-state index >= 15 is 0 Å². The highest BCUT2D eigenvalue weighted by Crippen LogP contribution is 2.58. The van der Waals surface area contributed by atoms with E-state index in [1.165, 1.54) is 6.42 Å². The fraction of sp³-hybridized carbons (Fsp3) is 0.818. The molecule has 1 fully saturated rings. The lowest BCUT2D eigenvalue weighted by molar-refractivity contribution is 0.232. The van der Waals surface area contributed by atoms with Crippen molar-refractivity contribution in [1.29, 1.82) is 0 Å². The highest BCUT2D eigenvalue weighted by molar-refractivity contribution is 5.28. The Hall–Kier alpha value is -0.300. The second kappa shape index (κ2) is 2.35. The van der Waals surface area contributed by atoms with Crippen molar-refractivity contribution in [2.75, 3.05) is 6.54 Å². The van der Waals surface area contributed by atoms with Gasteiger partial charge in [-0.15, -0.1) is 0 Å². The summed E-state index contributed by atoms with van der Waals surface area (Å²) in [6, 6.07) is 0. The molecule has 0 bridgehead atoms. The molecular formula is C11H19N. The average Bonchev–Trinajstić information content (AvgIpc) is 2.18. The quantitative estimate of drug-likeness (QED) is 0.592. The molecule has 2 N–H and O–H groups in total. The van der Waals surface area contributed by atoms with Crippen molar-refractivity contribution >= 4 is 0 Å². The molecule has 0 amide bonds. The Bertz CT molecular complexity index is 231. The van der Waals surface area contributed by atoms with E-state index in [1.54, 1.807) is 5.57 Å². The summed E-state index contributed by atoms with van der Waals surface area (Å²) in [4.78, 5) is 0. The number of nitrogens with two attached hydrogens (primary N) is 1. The second-order valence-corrected chi connectivity index (χ2v) is 5.01. The predicted molar refractivity (Wildman–Crippen MR) is 51.7 cm³/mol. The summed E-state index contributed by atoms with van der Waals surface area (Å²) in [6.45, 7) is 7.82. The molecule has 0 saturated heterocycles. The minimum atomic E-state index is 0.406. The third-order valence-electron chi connectivity index (χ3n) is 3.99. The lowest BCUT2D eigenvalue weighted by Crippen LogP contribution is -2.37. The van der Waals surface area contributed by atoms with Crippen LogP contribution in [0.5, 0.6) is 0 Å². The lowest BCUT2D eigenvalue weighted by Gasteiger charge is -2.39. The number of allylic oxidation sites excluding steroid dienone is 2. The van der Waals surface area contributed by atoms with Gasteiger partial charge in [0.1, 0.15) is 0 Å². The molecule has 0 radical (unpaired) electrons. The fourth-order valence-corrected chi connectivity index (χ4v) is 3.40. The third kappa shape index (κ3) is 0.832. The zero-order valence-electron chi connectivity index (χ0n) is 8.30. The molecule has 0 aromatic rings. The van der Waals surface area contributed by atoms with Gasteiger partial charge in [-0.1, -0.05) is 25.5 Å². The van der Waals surface area contributed by atoms with Gasteiger partial charge in [-0.25, -0.2) is 0 Å². The number of hydrogen-bond acceptors (Lipinski definition) is 1. The van der Waals surface area contributed by atoms with E-state index < -0.39 is 0 Å². The molecule has 2 rings (SSSR count). The van der Waals surface area contributed by atoms with Gasteiger partial charge in [-0.3, -0.25) is 0 Å². The van der Waals surface area contributed by atoms with E-state index in [0.29, 0.717) is 5.41 Å². The minimum Gasteiger partial charge on any atom is -0.330 e. The molecule has 68 valence electrons. The van der Waals surface area contributed by atoms with Crippen LogP contribution in [-0.2, 0) is 0 Å². The van der Waals surface area contributed by atoms with E-state index in [0.717, 1.165) is 24.3 Å². The first-order valence-electron chi connectivity index (χ1n) is 4.97. The molecule has 0 aromatic carbocycles. The normalized spacial score (nSPS) is 51.3. The molecule has 0 heterocycles. The lowest BCUT2D eigenvalue weighted by atomic mass is 9.66. The highest BCUT2D eigenvalue weighted by atomic mass is 14.7. The Morgan fingerprint density at radius 1 is 1.67 bits per heavy atom. The Balaban J connectivity index is 2.27. The second-order valence-electron chi connectivity index (χ2n) is 5.01. The zero-order valence-corrected chi connectivity index (χ0v) is 8.30. The Kier molecular flexibility index (Phi) is 1.63. The molecule has 1 saturated carbocycles. The summed E-state index contributed by atoms with van der Waals surface area (Å²) in [5, 5.41) is 0. The van der Waals surface area contributed by atoms with Crippen LogP contribution in [0.4, 0.5) is 0 Å². The van der Waals surface area contributed by atoms with Gasteiger partial charge in [-0.05, 0) is 43.1 Å². The summed E-state index contributed by atoms with van der Waals surface area (Å²) in [6.07, 6.45) is 3.75. The smallest absolute Gasteiger partial charge is 0.00171 e. The maximum atomic E-state index is 5.85. The summed E-state index contributed by atoms with van der Waals surface area (Å²) < 4.78 is 0. The van der Waals surface area contributed by atoms with Crippen LogP contribution in [0.25, 0.3) is 0 Å². The highest BCUT2D eigenvalue weighted by Gasteiger charge is 2.52. The van der Waals surface area contributed by atoms with Crippen molar-refractivity contribution in [1.82, 2.24) is 0 Å². The number of rotatable bonds is 1. The van der Waals surface area contributed by atoms with E-state index in [2.05, 4.69) is 26.8 Å². The first kappa shape index (κ1) is 8.31. The first-order valence-corrected chi connectivity index (χ1v) is 4.97.